The van der Waals surface area contributed by atoms with Crippen molar-refractivity contribution in [2.75, 3.05) is 39.4 Å². The quantitative estimate of drug-likeness (QED) is 0.750. The van der Waals surface area contributed by atoms with Crippen molar-refractivity contribution in [1.29, 1.82) is 0 Å². The van der Waals surface area contributed by atoms with Crippen LogP contribution in [0.5, 0.6) is 0 Å². The summed E-state index contributed by atoms with van der Waals surface area (Å²) < 4.78 is 6.81. The number of aromatic nitrogens is 3. The van der Waals surface area contributed by atoms with Gasteiger partial charge in [0, 0.05) is 26.2 Å². The number of hydrogen-bond donors (Lipinski definition) is 1. The number of hydrogen-bond acceptors (Lipinski definition) is 5. The molecule has 1 aliphatic rings. The van der Waals surface area contributed by atoms with Crippen LogP contribution in [0.15, 0.2) is 12.7 Å². The van der Waals surface area contributed by atoms with Crippen molar-refractivity contribution in [3.63, 3.8) is 0 Å². The van der Waals surface area contributed by atoms with Gasteiger partial charge in [-0.3, -0.25) is 9.69 Å². The van der Waals surface area contributed by atoms with Crippen molar-refractivity contribution >= 4 is 5.91 Å². The topological polar surface area (TPSA) is 72.3 Å². The Kier molecular flexibility index (Phi) is 4.66. The molecule has 0 aromatic carbocycles. The fourth-order valence-corrected chi connectivity index (χ4v) is 1.85. The first-order valence-corrected chi connectivity index (χ1v) is 6.19. The minimum Gasteiger partial charge on any atom is -0.379 e. The first-order chi connectivity index (χ1) is 8.77. The van der Waals surface area contributed by atoms with Crippen LogP contribution in [-0.4, -0.2) is 65.0 Å². The van der Waals surface area contributed by atoms with Crippen LogP contribution in [0.1, 0.15) is 13.0 Å². The molecule has 100 valence electrons. The molecule has 1 unspecified atom stereocenters. The predicted molar refractivity (Wildman–Crippen MR) is 65.0 cm³/mol. The zero-order valence-electron chi connectivity index (χ0n) is 10.6. The third-order valence-corrected chi connectivity index (χ3v) is 3.04. The van der Waals surface area contributed by atoms with E-state index in [0.717, 1.165) is 32.8 Å². The van der Waals surface area contributed by atoms with Crippen LogP contribution in [0.4, 0.5) is 0 Å². The van der Waals surface area contributed by atoms with Gasteiger partial charge in [0.05, 0.1) is 13.2 Å². The predicted octanol–water partition coefficient (Wildman–Crippen LogP) is -0.712. The molecule has 2 rings (SSSR count). The number of nitrogens with zero attached hydrogens (tertiary/aromatic N) is 4. The van der Waals surface area contributed by atoms with Crippen LogP contribution in [-0.2, 0) is 9.53 Å². The molecule has 0 saturated carbocycles. The largest absolute Gasteiger partial charge is 0.379 e. The average molecular weight is 253 g/mol. The monoisotopic (exact) mass is 253 g/mol. The Balaban J connectivity index is 1.68. The summed E-state index contributed by atoms with van der Waals surface area (Å²) in [7, 11) is 0. The SMILES string of the molecule is CC(C(=O)NCCN1CCOCC1)n1cncn1. The lowest BCUT2D eigenvalue weighted by Crippen LogP contribution is -2.42. The lowest BCUT2D eigenvalue weighted by Gasteiger charge is -2.26. The van der Waals surface area contributed by atoms with E-state index in [4.69, 9.17) is 4.74 Å². The van der Waals surface area contributed by atoms with E-state index in [-0.39, 0.29) is 11.9 Å². The highest BCUT2D eigenvalue weighted by atomic mass is 16.5. The molecule has 1 aromatic heterocycles. The summed E-state index contributed by atoms with van der Waals surface area (Å²) in [5.74, 6) is -0.0336. The third-order valence-electron chi connectivity index (χ3n) is 3.04. The van der Waals surface area contributed by atoms with Gasteiger partial charge in [-0.15, -0.1) is 0 Å². The van der Waals surface area contributed by atoms with Crippen molar-refractivity contribution in [2.24, 2.45) is 0 Å². The summed E-state index contributed by atoms with van der Waals surface area (Å²) in [4.78, 5) is 18.0. The minimum absolute atomic E-state index is 0.0336. The van der Waals surface area contributed by atoms with Crippen molar-refractivity contribution in [3.8, 4) is 0 Å². The van der Waals surface area contributed by atoms with Crippen LogP contribution < -0.4 is 5.32 Å². The maximum atomic E-state index is 11.8. The zero-order valence-corrected chi connectivity index (χ0v) is 10.6. The number of morpholine rings is 1. The Bertz CT molecular complexity index is 362. The average Bonchev–Trinajstić information content (AvgIpc) is 2.93. The maximum absolute atomic E-state index is 11.8. The van der Waals surface area contributed by atoms with Gasteiger partial charge in [0.2, 0.25) is 5.91 Å². The molecule has 0 aliphatic carbocycles. The van der Waals surface area contributed by atoms with Gasteiger partial charge in [-0.2, -0.15) is 5.10 Å². The van der Waals surface area contributed by atoms with E-state index in [1.807, 2.05) is 0 Å². The maximum Gasteiger partial charge on any atom is 0.244 e. The molecule has 0 spiro atoms. The molecule has 0 bridgehead atoms. The molecule has 1 aliphatic heterocycles. The standard InChI is InChI=1S/C11H19N5O2/c1-10(16-9-12-8-14-16)11(17)13-2-3-15-4-6-18-7-5-15/h8-10H,2-7H2,1H3,(H,13,17). The van der Waals surface area contributed by atoms with Gasteiger partial charge in [-0.25, -0.2) is 9.67 Å². The first-order valence-electron chi connectivity index (χ1n) is 6.19. The number of rotatable bonds is 5. The van der Waals surface area contributed by atoms with Crippen molar-refractivity contribution < 1.29 is 9.53 Å². The molecule has 18 heavy (non-hydrogen) atoms. The van der Waals surface area contributed by atoms with Crippen LogP contribution in [0.3, 0.4) is 0 Å². The summed E-state index contributed by atoms with van der Waals surface area (Å²) in [5, 5.41) is 6.86. The molecule has 2 heterocycles. The molecular weight excluding hydrogens is 234 g/mol. The van der Waals surface area contributed by atoms with Crippen molar-refractivity contribution in [2.45, 2.75) is 13.0 Å². The van der Waals surface area contributed by atoms with Crippen molar-refractivity contribution in [1.82, 2.24) is 25.0 Å². The summed E-state index contributed by atoms with van der Waals surface area (Å²) in [5.41, 5.74) is 0. The highest BCUT2D eigenvalue weighted by molar-refractivity contribution is 5.79. The molecule has 1 atom stereocenters. The Morgan fingerprint density at radius 1 is 1.50 bits per heavy atom. The number of carbonyl (C=O) groups excluding carboxylic acids is 1. The highest BCUT2D eigenvalue weighted by Crippen LogP contribution is 2.01. The number of nitrogens with one attached hydrogen (secondary N) is 1. The van der Waals surface area contributed by atoms with E-state index >= 15 is 0 Å². The van der Waals surface area contributed by atoms with E-state index in [1.54, 1.807) is 17.9 Å². The normalized spacial score (nSPS) is 18.5. The second kappa shape index (κ2) is 6.46. The molecule has 1 saturated heterocycles. The van der Waals surface area contributed by atoms with Gasteiger partial charge in [0.15, 0.2) is 0 Å². The molecule has 1 fully saturated rings. The Hall–Kier alpha value is -1.47. The minimum atomic E-state index is -0.322. The molecular formula is C11H19N5O2. The summed E-state index contributed by atoms with van der Waals surface area (Å²) in [6.07, 6.45) is 2.98. The Morgan fingerprint density at radius 3 is 2.94 bits per heavy atom. The van der Waals surface area contributed by atoms with E-state index < -0.39 is 0 Å². The van der Waals surface area contributed by atoms with E-state index in [2.05, 4.69) is 20.3 Å². The van der Waals surface area contributed by atoms with E-state index in [9.17, 15) is 4.79 Å². The fraction of sp³-hybridized carbons (Fsp3) is 0.727. The molecule has 1 amide bonds. The van der Waals surface area contributed by atoms with E-state index in [1.165, 1.54) is 6.33 Å². The van der Waals surface area contributed by atoms with Crippen LogP contribution in [0.25, 0.3) is 0 Å². The lowest BCUT2D eigenvalue weighted by atomic mass is 10.3. The number of carbonyl (C=O) groups is 1. The van der Waals surface area contributed by atoms with Gasteiger partial charge in [0.1, 0.15) is 18.7 Å². The van der Waals surface area contributed by atoms with Gasteiger partial charge < -0.3 is 10.1 Å². The Morgan fingerprint density at radius 2 is 2.28 bits per heavy atom. The van der Waals surface area contributed by atoms with Crippen LogP contribution >= 0.6 is 0 Å². The molecule has 0 radical (unpaired) electrons. The van der Waals surface area contributed by atoms with Crippen LogP contribution in [0, 0.1) is 0 Å². The highest BCUT2D eigenvalue weighted by Gasteiger charge is 2.15. The van der Waals surface area contributed by atoms with Gasteiger partial charge in [0.25, 0.3) is 0 Å². The second-order valence-corrected chi connectivity index (χ2v) is 4.30. The lowest BCUT2D eigenvalue weighted by molar-refractivity contribution is -0.124. The molecule has 7 nitrogen and oxygen atoms in total. The number of ether oxygens (including phenoxy) is 1. The van der Waals surface area contributed by atoms with E-state index in [0.29, 0.717) is 6.54 Å². The fourth-order valence-electron chi connectivity index (χ4n) is 1.85. The second-order valence-electron chi connectivity index (χ2n) is 4.30. The van der Waals surface area contributed by atoms with Crippen molar-refractivity contribution in [3.05, 3.63) is 12.7 Å². The third kappa shape index (κ3) is 3.51. The molecule has 1 N–H and O–H groups in total. The summed E-state index contributed by atoms with van der Waals surface area (Å²) in [6.45, 7) is 6.76. The number of amides is 1. The molecule has 1 aromatic rings. The first kappa shape index (κ1) is 13.0. The summed E-state index contributed by atoms with van der Waals surface area (Å²) >= 11 is 0. The smallest absolute Gasteiger partial charge is 0.244 e. The van der Waals surface area contributed by atoms with Gasteiger partial charge in [-0.1, -0.05) is 0 Å². The Labute approximate surface area is 106 Å². The van der Waals surface area contributed by atoms with Gasteiger partial charge >= 0.3 is 0 Å². The zero-order chi connectivity index (χ0) is 12.8. The van der Waals surface area contributed by atoms with Crippen LogP contribution in [0.2, 0.25) is 0 Å². The molecule has 7 heteroatoms. The van der Waals surface area contributed by atoms with Gasteiger partial charge in [-0.05, 0) is 6.92 Å². The summed E-state index contributed by atoms with van der Waals surface area (Å²) in [6, 6.07) is -0.322.